The van der Waals surface area contributed by atoms with Gasteiger partial charge in [-0.25, -0.2) is 4.79 Å². The maximum absolute atomic E-state index is 12.0. The average molecular weight is 362 g/mol. The van der Waals surface area contributed by atoms with E-state index in [1.165, 1.54) is 13.0 Å². The Kier molecular flexibility index (Phi) is 5.97. The second kappa shape index (κ2) is 8.16. The number of anilines is 3. The molecule has 0 fully saturated rings. The first-order chi connectivity index (χ1) is 11.9. The van der Waals surface area contributed by atoms with Crippen molar-refractivity contribution in [2.75, 3.05) is 23.0 Å². The number of rotatable bonds is 5. The molecule has 25 heavy (non-hydrogen) atoms. The topological polar surface area (TPSA) is 111 Å². The second-order valence-corrected chi connectivity index (χ2v) is 5.49. The molecule has 2 aromatic rings. The third-order valence-corrected chi connectivity index (χ3v) is 3.40. The lowest BCUT2D eigenvalue weighted by atomic mass is 10.2. The maximum atomic E-state index is 12.0. The summed E-state index contributed by atoms with van der Waals surface area (Å²) in [7, 11) is 0. The Balaban J connectivity index is 1.93. The first-order valence-electron chi connectivity index (χ1n) is 7.25. The van der Waals surface area contributed by atoms with Crippen molar-refractivity contribution in [2.45, 2.75) is 6.92 Å². The Labute approximate surface area is 149 Å². The van der Waals surface area contributed by atoms with E-state index >= 15 is 0 Å². The fraction of sp³-hybridized carbons (Fsp3) is 0.118. The summed E-state index contributed by atoms with van der Waals surface area (Å²) in [5.41, 5.74) is 6.88. The average Bonchev–Trinajstić information content (AvgIpc) is 2.55. The summed E-state index contributed by atoms with van der Waals surface area (Å²) in [5, 5.41) is 5.39. The monoisotopic (exact) mass is 361 g/mol. The summed E-state index contributed by atoms with van der Waals surface area (Å²) < 4.78 is 4.93. The van der Waals surface area contributed by atoms with Crippen LogP contribution in [0.15, 0.2) is 42.5 Å². The zero-order valence-electron chi connectivity index (χ0n) is 13.3. The van der Waals surface area contributed by atoms with E-state index in [-0.39, 0.29) is 22.2 Å². The molecular formula is C17H16ClN3O4. The summed E-state index contributed by atoms with van der Waals surface area (Å²) >= 11 is 5.84. The Morgan fingerprint density at radius 2 is 1.72 bits per heavy atom. The van der Waals surface area contributed by atoms with Gasteiger partial charge >= 0.3 is 5.97 Å². The Morgan fingerprint density at radius 1 is 1.08 bits per heavy atom. The van der Waals surface area contributed by atoms with Crippen LogP contribution in [0.1, 0.15) is 17.3 Å². The first-order valence-corrected chi connectivity index (χ1v) is 7.63. The lowest BCUT2D eigenvalue weighted by Gasteiger charge is -2.09. The van der Waals surface area contributed by atoms with Crippen LogP contribution in [-0.2, 0) is 14.3 Å². The standard InChI is InChI=1S/C17H16ClN3O4/c1-10(22)20-11-4-2-5-12(8-11)21-15(23)9-25-17(24)13-6-3-7-14(18)16(13)19/h2-8H,9,19H2,1H3,(H,20,22)(H,21,23). The lowest BCUT2D eigenvalue weighted by Crippen LogP contribution is -2.21. The smallest absolute Gasteiger partial charge is 0.340 e. The van der Waals surface area contributed by atoms with E-state index in [1.807, 2.05) is 0 Å². The van der Waals surface area contributed by atoms with Crippen molar-refractivity contribution in [3.63, 3.8) is 0 Å². The minimum absolute atomic E-state index is 0.0907. The van der Waals surface area contributed by atoms with Crippen LogP contribution in [0.3, 0.4) is 0 Å². The molecule has 4 N–H and O–H groups in total. The summed E-state index contributed by atoms with van der Waals surface area (Å²) in [6.07, 6.45) is 0. The third kappa shape index (κ3) is 5.22. The molecule has 0 radical (unpaired) electrons. The maximum Gasteiger partial charge on any atom is 0.340 e. The zero-order valence-corrected chi connectivity index (χ0v) is 14.1. The number of nitrogens with two attached hydrogens (primary N) is 1. The van der Waals surface area contributed by atoms with Crippen LogP contribution >= 0.6 is 11.6 Å². The van der Waals surface area contributed by atoms with Crippen molar-refractivity contribution in [1.82, 2.24) is 0 Å². The van der Waals surface area contributed by atoms with Crippen LogP contribution in [0.4, 0.5) is 17.1 Å². The molecule has 0 atom stereocenters. The van der Waals surface area contributed by atoms with Gasteiger partial charge in [0, 0.05) is 18.3 Å². The van der Waals surface area contributed by atoms with Crippen molar-refractivity contribution >= 4 is 46.4 Å². The fourth-order valence-electron chi connectivity index (χ4n) is 2.00. The number of esters is 1. The van der Waals surface area contributed by atoms with E-state index in [2.05, 4.69) is 10.6 Å². The molecule has 130 valence electrons. The van der Waals surface area contributed by atoms with Gasteiger partial charge in [-0.15, -0.1) is 0 Å². The van der Waals surface area contributed by atoms with E-state index in [1.54, 1.807) is 36.4 Å². The van der Waals surface area contributed by atoms with Crippen LogP contribution in [0, 0.1) is 0 Å². The summed E-state index contributed by atoms with van der Waals surface area (Å²) in [6.45, 7) is 0.890. The SMILES string of the molecule is CC(=O)Nc1cccc(NC(=O)COC(=O)c2cccc(Cl)c2N)c1. The molecule has 2 rings (SSSR count). The molecule has 7 nitrogen and oxygen atoms in total. The van der Waals surface area contributed by atoms with Crippen LogP contribution in [0.25, 0.3) is 0 Å². The number of hydrogen-bond donors (Lipinski definition) is 3. The molecule has 0 aliphatic rings. The number of carbonyl (C=O) groups excluding carboxylic acids is 3. The summed E-state index contributed by atoms with van der Waals surface area (Å²) in [5.74, 6) is -1.51. The van der Waals surface area contributed by atoms with Gasteiger partial charge in [0.05, 0.1) is 16.3 Å². The molecule has 0 spiro atoms. The first kappa shape index (κ1) is 18.3. The third-order valence-electron chi connectivity index (χ3n) is 3.07. The van der Waals surface area contributed by atoms with Gasteiger partial charge in [0.25, 0.3) is 5.91 Å². The Morgan fingerprint density at radius 3 is 2.40 bits per heavy atom. The van der Waals surface area contributed by atoms with E-state index < -0.39 is 18.5 Å². The fourth-order valence-corrected chi connectivity index (χ4v) is 2.17. The molecule has 0 aliphatic heterocycles. The van der Waals surface area contributed by atoms with Crippen LogP contribution in [0.2, 0.25) is 5.02 Å². The number of para-hydroxylation sites is 1. The van der Waals surface area contributed by atoms with Crippen molar-refractivity contribution in [2.24, 2.45) is 0 Å². The largest absolute Gasteiger partial charge is 0.452 e. The quantitative estimate of drug-likeness (QED) is 0.560. The molecule has 0 aliphatic carbocycles. The number of ether oxygens (including phenoxy) is 1. The normalized spacial score (nSPS) is 10.0. The molecule has 0 saturated heterocycles. The lowest BCUT2D eigenvalue weighted by molar-refractivity contribution is -0.119. The second-order valence-electron chi connectivity index (χ2n) is 5.09. The van der Waals surface area contributed by atoms with Crippen molar-refractivity contribution in [1.29, 1.82) is 0 Å². The number of carbonyl (C=O) groups is 3. The van der Waals surface area contributed by atoms with Gasteiger partial charge in [-0.1, -0.05) is 23.7 Å². The highest BCUT2D eigenvalue weighted by Crippen LogP contribution is 2.23. The van der Waals surface area contributed by atoms with Gasteiger partial charge in [0.15, 0.2) is 6.61 Å². The number of nitrogen functional groups attached to an aromatic ring is 1. The van der Waals surface area contributed by atoms with Gasteiger partial charge < -0.3 is 21.1 Å². The number of amides is 2. The minimum Gasteiger partial charge on any atom is -0.452 e. The van der Waals surface area contributed by atoms with Gasteiger partial charge in [0.2, 0.25) is 5.91 Å². The van der Waals surface area contributed by atoms with E-state index in [9.17, 15) is 14.4 Å². The number of hydrogen-bond acceptors (Lipinski definition) is 5. The predicted octanol–water partition coefficient (Wildman–Crippen LogP) is 2.68. The van der Waals surface area contributed by atoms with E-state index in [4.69, 9.17) is 22.1 Å². The van der Waals surface area contributed by atoms with Gasteiger partial charge in [-0.05, 0) is 30.3 Å². The van der Waals surface area contributed by atoms with Gasteiger partial charge in [-0.3, -0.25) is 9.59 Å². The predicted molar refractivity (Wildman–Crippen MR) is 95.5 cm³/mol. The highest BCUT2D eigenvalue weighted by molar-refractivity contribution is 6.33. The van der Waals surface area contributed by atoms with E-state index in [0.29, 0.717) is 11.4 Å². The molecular weight excluding hydrogens is 346 g/mol. The van der Waals surface area contributed by atoms with Crippen molar-refractivity contribution in [3.8, 4) is 0 Å². The Bertz CT molecular complexity index is 823. The molecule has 0 heterocycles. The molecule has 2 aromatic carbocycles. The van der Waals surface area contributed by atoms with Crippen LogP contribution in [-0.4, -0.2) is 24.4 Å². The highest BCUT2D eigenvalue weighted by atomic mass is 35.5. The number of halogens is 1. The molecule has 0 aromatic heterocycles. The van der Waals surface area contributed by atoms with Gasteiger partial charge in [-0.2, -0.15) is 0 Å². The van der Waals surface area contributed by atoms with Crippen molar-refractivity contribution in [3.05, 3.63) is 53.1 Å². The number of nitrogens with one attached hydrogen (secondary N) is 2. The number of benzene rings is 2. The van der Waals surface area contributed by atoms with Crippen LogP contribution < -0.4 is 16.4 Å². The Hall–Kier alpha value is -3.06. The van der Waals surface area contributed by atoms with Crippen LogP contribution in [0.5, 0.6) is 0 Å². The summed E-state index contributed by atoms with van der Waals surface area (Å²) in [6, 6.07) is 11.1. The minimum atomic E-state index is -0.748. The molecule has 0 bridgehead atoms. The summed E-state index contributed by atoms with van der Waals surface area (Å²) in [4.78, 5) is 34.9. The zero-order chi connectivity index (χ0) is 18.4. The molecule has 2 amide bonds. The highest BCUT2D eigenvalue weighted by Gasteiger charge is 2.15. The molecule has 8 heteroatoms. The molecule has 0 unspecified atom stereocenters. The van der Waals surface area contributed by atoms with Gasteiger partial charge in [0.1, 0.15) is 0 Å². The molecule has 0 saturated carbocycles. The van der Waals surface area contributed by atoms with Crippen molar-refractivity contribution < 1.29 is 19.1 Å². The van der Waals surface area contributed by atoms with E-state index in [0.717, 1.165) is 0 Å².